The minimum atomic E-state index is -4.45. The first kappa shape index (κ1) is 23.4. The molecule has 0 atom stereocenters. The summed E-state index contributed by atoms with van der Waals surface area (Å²) in [4.78, 5) is 8.98. The van der Waals surface area contributed by atoms with E-state index in [9.17, 15) is 13.2 Å². The fourth-order valence-electron chi connectivity index (χ4n) is 3.80. The Labute approximate surface area is 209 Å². The summed E-state index contributed by atoms with van der Waals surface area (Å²) >= 11 is 1.35. The number of halogens is 3. The molecular weight excluding hydrogens is 485 g/mol. The van der Waals surface area contributed by atoms with E-state index in [4.69, 9.17) is 5.73 Å². The number of benzene rings is 2. The van der Waals surface area contributed by atoms with Crippen LogP contribution in [0.1, 0.15) is 16.8 Å². The van der Waals surface area contributed by atoms with Gasteiger partial charge in [-0.05, 0) is 48.9 Å². The van der Waals surface area contributed by atoms with Gasteiger partial charge in [-0.3, -0.25) is 4.40 Å². The number of aromatic nitrogens is 3. The molecule has 0 unspecified atom stereocenters. The lowest BCUT2D eigenvalue weighted by Gasteiger charge is -2.12. The van der Waals surface area contributed by atoms with E-state index in [0.717, 1.165) is 29.2 Å². The molecule has 6 nitrogen and oxygen atoms in total. The van der Waals surface area contributed by atoms with Gasteiger partial charge in [0, 0.05) is 23.0 Å². The van der Waals surface area contributed by atoms with Crippen LogP contribution in [0.3, 0.4) is 0 Å². The number of para-hydroxylation sites is 2. The van der Waals surface area contributed by atoms with E-state index in [-0.39, 0.29) is 0 Å². The van der Waals surface area contributed by atoms with Gasteiger partial charge in [0.2, 0.25) is 0 Å². The van der Waals surface area contributed by atoms with Crippen LogP contribution in [-0.2, 0) is 6.18 Å². The number of alkyl halides is 3. The molecule has 5 rings (SSSR count). The molecule has 5 aromatic rings. The Balaban J connectivity index is 1.34. The van der Waals surface area contributed by atoms with Crippen molar-refractivity contribution in [3.8, 4) is 11.4 Å². The number of nitrogens with one attached hydrogen (secondary N) is 2. The van der Waals surface area contributed by atoms with Crippen molar-refractivity contribution >= 4 is 44.9 Å². The summed E-state index contributed by atoms with van der Waals surface area (Å²) in [5.41, 5.74) is 11.2. The quantitative estimate of drug-likeness (QED) is 0.212. The summed E-state index contributed by atoms with van der Waals surface area (Å²) in [6, 6.07) is 17.5. The van der Waals surface area contributed by atoms with Gasteiger partial charge >= 0.3 is 6.18 Å². The first-order chi connectivity index (χ1) is 17.2. The lowest BCUT2D eigenvalue weighted by atomic mass is 10.1. The first-order valence-corrected chi connectivity index (χ1v) is 11.8. The molecule has 0 aliphatic carbocycles. The Hall–Kier alpha value is -4.31. The van der Waals surface area contributed by atoms with Gasteiger partial charge in [0.1, 0.15) is 11.3 Å². The average Bonchev–Trinajstić information content (AvgIpc) is 3.42. The summed E-state index contributed by atoms with van der Waals surface area (Å²) in [5.74, 6) is 0. The van der Waals surface area contributed by atoms with E-state index >= 15 is 0 Å². The zero-order valence-corrected chi connectivity index (χ0v) is 19.9. The summed E-state index contributed by atoms with van der Waals surface area (Å²) in [6.07, 6.45) is -3.39. The number of aryl methyl sites for hydroxylation is 1. The maximum absolute atomic E-state index is 13.2. The van der Waals surface area contributed by atoms with Crippen LogP contribution in [0.15, 0.2) is 78.8 Å². The summed E-state index contributed by atoms with van der Waals surface area (Å²) in [7, 11) is 0. The van der Waals surface area contributed by atoms with Crippen molar-refractivity contribution in [3.05, 3.63) is 95.6 Å². The molecule has 182 valence electrons. The van der Waals surface area contributed by atoms with Crippen molar-refractivity contribution < 1.29 is 13.2 Å². The molecule has 0 saturated carbocycles. The van der Waals surface area contributed by atoms with E-state index in [1.54, 1.807) is 12.3 Å². The van der Waals surface area contributed by atoms with E-state index in [2.05, 4.69) is 27.2 Å². The van der Waals surface area contributed by atoms with E-state index in [0.29, 0.717) is 39.2 Å². The number of anilines is 4. The smallest absolute Gasteiger partial charge is 0.397 e. The summed E-state index contributed by atoms with van der Waals surface area (Å²) < 4.78 is 41.1. The molecule has 36 heavy (non-hydrogen) atoms. The minimum Gasteiger partial charge on any atom is -0.397 e. The van der Waals surface area contributed by atoms with Crippen molar-refractivity contribution in [1.82, 2.24) is 14.4 Å². The number of rotatable bonds is 6. The first-order valence-electron chi connectivity index (χ1n) is 10.9. The van der Waals surface area contributed by atoms with Crippen LogP contribution in [0.4, 0.5) is 35.4 Å². The molecule has 0 spiro atoms. The van der Waals surface area contributed by atoms with Crippen molar-refractivity contribution in [2.24, 2.45) is 0 Å². The number of fused-ring (bicyclic) bond motifs is 1. The number of hydrogen-bond donors (Lipinski definition) is 3. The molecule has 3 heterocycles. The lowest BCUT2D eigenvalue weighted by molar-refractivity contribution is -0.137. The van der Waals surface area contributed by atoms with Crippen LogP contribution < -0.4 is 16.4 Å². The molecule has 3 aromatic heterocycles. The fourth-order valence-corrected chi connectivity index (χ4v) is 4.52. The van der Waals surface area contributed by atoms with Crippen molar-refractivity contribution in [2.45, 2.75) is 13.1 Å². The van der Waals surface area contributed by atoms with Gasteiger partial charge in [-0.1, -0.05) is 30.8 Å². The highest BCUT2D eigenvalue weighted by Crippen LogP contribution is 2.33. The molecule has 0 aliphatic rings. The highest BCUT2D eigenvalue weighted by Gasteiger charge is 2.31. The molecule has 10 heteroatoms. The predicted molar refractivity (Wildman–Crippen MR) is 139 cm³/mol. The summed E-state index contributed by atoms with van der Waals surface area (Å²) in [6.45, 7) is 5.84. The van der Waals surface area contributed by atoms with Crippen LogP contribution in [0.5, 0.6) is 0 Å². The van der Waals surface area contributed by atoms with Gasteiger partial charge in [-0.2, -0.15) is 13.2 Å². The molecular formula is C26H21F3N6S. The number of nitrogen functional groups attached to an aromatic ring is 1. The summed E-state index contributed by atoms with van der Waals surface area (Å²) in [5, 5.41) is 8.86. The molecule has 0 amide bonds. The van der Waals surface area contributed by atoms with Gasteiger partial charge in [0.25, 0.3) is 0 Å². The van der Waals surface area contributed by atoms with E-state index in [1.807, 2.05) is 48.5 Å². The maximum atomic E-state index is 13.2. The second kappa shape index (κ2) is 9.04. The van der Waals surface area contributed by atoms with E-state index in [1.165, 1.54) is 21.8 Å². The number of nitrogens with two attached hydrogens (primary N) is 1. The number of nitrogens with zero attached hydrogens (tertiary/aromatic N) is 3. The second-order valence-corrected chi connectivity index (χ2v) is 8.98. The van der Waals surface area contributed by atoms with E-state index < -0.39 is 11.7 Å². The molecule has 0 aliphatic heterocycles. The van der Waals surface area contributed by atoms with Gasteiger partial charge < -0.3 is 16.4 Å². The normalized spacial score (nSPS) is 11.6. The third-order valence-corrected chi connectivity index (χ3v) is 6.36. The van der Waals surface area contributed by atoms with Gasteiger partial charge in [-0.25, -0.2) is 9.97 Å². The van der Waals surface area contributed by atoms with Gasteiger partial charge in [-0.15, -0.1) is 11.3 Å². The standard InChI is InChI=1S/C26H21F3N6S/c1-15(31-21-6-4-3-5-20(21)30)17-7-10-19(11-8-17)33-25-34-22(14-36-25)24-16(2)32-23-12-9-18(13-35(23)24)26(27,28)29/h3-14,31H,1,30H2,2H3,(H,33,34). The molecule has 0 radical (unpaired) electrons. The van der Waals surface area contributed by atoms with Crippen LogP contribution in [0.2, 0.25) is 0 Å². The second-order valence-electron chi connectivity index (χ2n) is 8.12. The van der Waals surface area contributed by atoms with Crippen molar-refractivity contribution in [1.29, 1.82) is 0 Å². The SMILES string of the molecule is C=C(Nc1ccccc1N)c1ccc(Nc2nc(-c3c(C)nc4ccc(C(F)(F)F)cn34)cs2)cc1. The number of hydrogen-bond acceptors (Lipinski definition) is 6. The monoisotopic (exact) mass is 506 g/mol. The zero-order chi connectivity index (χ0) is 25.4. The topological polar surface area (TPSA) is 80.3 Å². The fraction of sp³-hybridized carbons (Fsp3) is 0.0769. The number of thiazole rings is 1. The maximum Gasteiger partial charge on any atom is 0.417 e. The Kier molecular flexibility index (Phi) is 5.89. The van der Waals surface area contributed by atoms with Crippen molar-refractivity contribution in [3.63, 3.8) is 0 Å². The lowest BCUT2D eigenvalue weighted by Crippen LogP contribution is -2.06. The minimum absolute atomic E-state index is 0.430. The molecule has 0 fully saturated rings. The Bertz CT molecular complexity index is 1570. The van der Waals surface area contributed by atoms with Crippen LogP contribution in [-0.4, -0.2) is 14.4 Å². The average molecular weight is 507 g/mol. The van der Waals surface area contributed by atoms with Gasteiger partial charge in [0.05, 0.1) is 28.3 Å². The van der Waals surface area contributed by atoms with Crippen molar-refractivity contribution in [2.75, 3.05) is 16.4 Å². The van der Waals surface area contributed by atoms with Crippen LogP contribution in [0, 0.1) is 6.92 Å². The third kappa shape index (κ3) is 4.63. The highest BCUT2D eigenvalue weighted by atomic mass is 32.1. The molecule has 2 aromatic carbocycles. The Morgan fingerprint density at radius 1 is 1.03 bits per heavy atom. The van der Waals surface area contributed by atoms with Crippen LogP contribution >= 0.6 is 11.3 Å². The third-order valence-electron chi connectivity index (χ3n) is 5.60. The molecule has 4 N–H and O–H groups in total. The molecule has 0 bridgehead atoms. The number of pyridine rings is 1. The largest absolute Gasteiger partial charge is 0.417 e. The Morgan fingerprint density at radius 3 is 2.50 bits per heavy atom. The predicted octanol–water partition coefficient (Wildman–Crippen LogP) is 7.19. The zero-order valence-electron chi connectivity index (χ0n) is 19.1. The van der Waals surface area contributed by atoms with Crippen LogP contribution in [0.25, 0.3) is 22.7 Å². The molecule has 0 saturated heterocycles. The Morgan fingerprint density at radius 2 is 1.78 bits per heavy atom. The number of imidazole rings is 1. The highest BCUT2D eigenvalue weighted by molar-refractivity contribution is 7.14. The van der Waals surface area contributed by atoms with Gasteiger partial charge in [0.15, 0.2) is 5.13 Å².